The number of ether oxygens (including phenoxy) is 1. The van der Waals surface area contributed by atoms with Crippen molar-refractivity contribution in [3.8, 4) is 5.75 Å². The second kappa shape index (κ2) is 7.33. The first-order valence-electron chi connectivity index (χ1n) is 7.88. The lowest BCUT2D eigenvalue weighted by Gasteiger charge is -2.33. The first kappa shape index (κ1) is 18.2. The van der Waals surface area contributed by atoms with Gasteiger partial charge in [0.25, 0.3) is 0 Å². The summed E-state index contributed by atoms with van der Waals surface area (Å²) in [5, 5.41) is 4.26. The highest BCUT2D eigenvalue weighted by Gasteiger charge is 2.29. The molecule has 2 heterocycles. The van der Waals surface area contributed by atoms with Crippen molar-refractivity contribution in [2.45, 2.75) is 18.4 Å². The van der Waals surface area contributed by atoms with Gasteiger partial charge in [-0.25, -0.2) is 8.42 Å². The van der Waals surface area contributed by atoms with Gasteiger partial charge in [-0.1, -0.05) is 16.8 Å². The van der Waals surface area contributed by atoms with Crippen LogP contribution in [-0.2, 0) is 16.6 Å². The summed E-state index contributed by atoms with van der Waals surface area (Å²) in [6.45, 7) is 4.61. The normalized spacial score (nSPS) is 16.9. The van der Waals surface area contributed by atoms with Crippen molar-refractivity contribution >= 4 is 21.6 Å². The van der Waals surface area contributed by atoms with E-state index in [0.717, 1.165) is 11.5 Å². The SMILES string of the molecule is COc1ccc(S(=O)(=O)N2CCN(Cc3cc(C)on3)CC2)cc1Cl. The molecule has 25 heavy (non-hydrogen) atoms. The molecule has 136 valence electrons. The Balaban J connectivity index is 1.66. The number of halogens is 1. The average Bonchev–Trinajstić information content (AvgIpc) is 3.00. The van der Waals surface area contributed by atoms with E-state index >= 15 is 0 Å². The number of sulfonamides is 1. The number of hydrogen-bond acceptors (Lipinski definition) is 6. The van der Waals surface area contributed by atoms with Crippen LogP contribution in [0.4, 0.5) is 0 Å². The fourth-order valence-corrected chi connectivity index (χ4v) is 4.58. The van der Waals surface area contributed by atoms with E-state index in [2.05, 4.69) is 10.1 Å². The quantitative estimate of drug-likeness (QED) is 0.785. The smallest absolute Gasteiger partial charge is 0.243 e. The van der Waals surface area contributed by atoms with Crippen molar-refractivity contribution in [3.05, 3.63) is 40.7 Å². The minimum absolute atomic E-state index is 0.180. The summed E-state index contributed by atoms with van der Waals surface area (Å²) < 4.78 is 37.2. The lowest BCUT2D eigenvalue weighted by molar-refractivity contribution is 0.177. The van der Waals surface area contributed by atoms with Crippen LogP contribution in [0.5, 0.6) is 5.75 Å². The van der Waals surface area contributed by atoms with Crippen LogP contribution in [0, 0.1) is 6.92 Å². The first-order chi connectivity index (χ1) is 11.9. The Morgan fingerprint density at radius 1 is 1.24 bits per heavy atom. The van der Waals surface area contributed by atoms with Gasteiger partial charge in [0.05, 0.1) is 22.7 Å². The van der Waals surface area contributed by atoms with Crippen LogP contribution in [0.2, 0.25) is 5.02 Å². The molecule has 0 radical (unpaired) electrons. The minimum atomic E-state index is -3.57. The molecule has 9 heteroatoms. The minimum Gasteiger partial charge on any atom is -0.495 e. The predicted octanol–water partition coefficient (Wildman–Crippen LogP) is 2.15. The van der Waals surface area contributed by atoms with Gasteiger partial charge in [0.1, 0.15) is 11.5 Å². The summed E-state index contributed by atoms with van der Waals surface area (Å²) in [4.78, 5) is 2.34. The predicted molar refractivity (Wildman–Crippen MR) is 93.3 cm³/mol. The zero-order chi connectivity index (χ0) is 18.0. The van der Waals surface area contributed by atoms with Crippen LogP contribution in [0.15, 0.2) is 33.7 Å². The summed E-state index contributed by atoms with van der Waals surface area (Å²) in [5.74, 6) is 1.22. The maximum absolute atomic E-state index is 12.8. The van der Waals surface area contributed by atoms with Crippen LogP contribution >= 0.6 is 11.6 Å². The number of aromatic nitrogens is 1. The van der Waals surface area contributed by atoms with Gasteiger partial charge in [-0.3, -0.25) is 4.90 Å². The van der Waals surface area contributed by atoms with Crippen LogP contribution in [0.1, 0.15) is 11.5 Å². The molecule has 0 aliphatic carbocycles. The third kappa shape index (κ3) is 3.98. The van der Waals surface area contributed by atoms with E-state index in [-0.39, 0.29) is 9.92 Å². The largest absolute Gasteiger partial charge is 0.495 e. The van der Waals surface area contributed by atoms with Gasteiger partial charge >= 0.3 is 0 Å². The maximum atomic E-state index is 12.8. The van der Waals surface area contributed by atoms with Crippen molar-refractivity contribution in [1.29, 1.82) is 0 Å². The molecule has 0 bridgehead atoms. The topological polar surface area (TPSA) is 75.9 Å². The average molecular weight is 386 g/mol. The summed E-state index contributed by atoms with van der Waals surface area (Å²) in [6.07, 6.45) is 0. The molecule has 1 aliphatic heterocycles. The maximum Gasteiger partial charge on any atom is 0.243 e. The van der Waals surface area contributed by atoms with Gasteiger partial charge in [-0.15, -0.1) is 0 Å². The molecule has 3 rings (SSSR count). The lowest BCUT2D eigenvalue weighted by Crippen LogP contribution is -2.48. The third-order valence-electron chi connectivity index (χ3n) is 4.15. The van der Waals surface area contributed by atoms with Gasteiger partial charge < -0.3 is 9.26 Å². The molecule has 1 saturated heterocycles. The van der Waals surface area contributed by atoms with Gasteiger partial charge in [0.15, 0.2) is 0 Å². The molecule has 0 unspecified atom stereocenters. The summed E-state index contributed by atoms with van der Waals surface area (Å²) in [5.41, 5.74) is 0.857. The van der Waals surface area contributed by atoms with E-state index in [1.54, 1.807) is 6.07 Å². The fourth-order valence-electron chi connectivity index (χ4n) is 2.81. The second-order valence-electron chi connectivity index (χ2n) is 5.91. The van der Waals surface area contributed by atoms with Gasteiger partial charge in [0.2, 0.25) is 10.0 Å². The van der Waals surface area contributed by atoms with Gasteiger partial charge in [-0.05, 0) is 25.1 Å². The first-order valence-corrected chi connectivity index (χ1v) is 9.70. The Morgan fingerprint density at radius 3 is 2.52 bits per heavy atom. The number of benzene rings is 1. The van der Waals surface area contributed by atoms with E-state index in [4.69, 9.17) is 20.9 Å². The number of hydrogen-bond donors (Lipinski definition) is 0. The monoisotopic (exact) mass is 385 g/mol. The van der Waals surface area contributed by atoms with E-state index in [9.17, 15) is 8.42 Å². The molecular weight excluding hydrogens is 366 g/mol. The highest BCUT2D eigenvalue weighted by molar-refractivity contribution is 7.89. The molecule has 0 atom stereocenters. The molecule has 1 fully saturated rings. The second-order valence-corrected chi connectivity index (χ2v) is 8.25. The molecule has 1 aromatic carbocycles. The lowest BCUT2D eigenvalue weighted by atomic mass is 10.3. The Kier molecular flexibility index (Phi) is 5.33. The van der Waals surface area contributed by atoms with Crippen molar-refractivity contribution in [2.75, 3.05) is 33.3 Å². The van der Waals surface area contributed by atoms with Crippen LogP contribution in [0.3, 0.4) is 0 Å². The van der Waals surface area contributed by atoms with E-state index < -0.39 is 10.0 Å². The Morgan fingerprint density at radius 2 is 1.96 bits per heavy atom. The molecular formula is C16H20ClN3O4S. The Hall–Kier alpha value is -1.61. The molecule has 0 spiro atoms. The molecule has 7 nitrogen and oxygen atoms in total. The zero-order valence-electron chi connectivity index (χ0n) is 14.1. The fraction of sp³-hybridized carbons (Fsp3) is 0.438. The molecule has 1 aliphatic rings. The van der Waals surface area contributed by atoms with Crippen LogP contribution < -0.4 is 4.74 Å². The van der Waals surface area contributed by atoms with E-state index in [1.807, 2.05) is 13.0 Å². The standard InChI is InChI=1S/C16H20ClN3O4S/c1-12-9-13(18-24-12)11-19-5-7-20(8-6-19)25(21,22)14-3-4-16(23-2)15(17)10-14/h3-4,9-10H,5-8,11H2,1-2H3. The highest BCUT2D eigenvalue weighted by Crippen LogP contribution is 2.28. The van der Waals surface area contributed by atoms with Crippen molar-refractivity contribution < 1.29 is 17.7 Å². The zero-order valence-corrected chi connectivity index (χ0v) is 15.7. The van der Waals surface area contributed by atoms with Gasteiger partial charge in [-0.2, -0.15) is 4.31 Å². The highest BCUT2D eigenvalue weighted by atomic mass is 35.5. The van der Waals surface area contributed by atoms with Crippen molar-refractivity contribution in [1.82, 2.24) is 14.4 Å². The van der Waals surface area contributed by atoms with E-state index in [1.165, 1.54) is 23.5 Å². The molecule has 0 N–H and O–H groups in total. The summed E-state index contributed by atoms with van der Waals surface area (Å²) >= 11 is 6.06. The molecule has 1 aromatic heterocycles. The van der Waals surface area contributed by atoms with Crippen molar-refractivity contribution in [2.24, 2.45) is 0 Å². The van der Waals surface area contributed by atoms with Crippen LogP contribution in [0.25, 0.3) is 0 Å². The number of aryl methyl sites for hydroxylation is 1. The summed E-state index contributed by atoms with van der Waals surface area (Å²) in [7, 11) is -2.08. The number of rotatable bonds is 5. The summed E-state index contributed by atoms with van der Waals surface area (Å²) in [6, 6.07) is 6.41. The van der Waals surface area contributed by atoms with Gasteiger partial charge in [0, 0.05) is 38.8 Å². The number of nitrogens with zero attached hydrogens (tertiary/aromatic N) is 3. The van der Waals surface area contributed by atoms with Crippen molar-refractivity contribution in [3.63, 3.8) is 0 Å². The molecule has 0 saturated carbocycles. The number of piperazine rings is 1. The molecule has 2 aromatic rings. The van der Waals surface area contributed by atoms with Crippen LogP contribution in [-0.4, -0.2) is 56.1 Å². The van der Waals surface area contributed by atoms with E-state index in [0.29, 0.717) is 38.5 Å². The third-order valence-corrected chi connectivity index (χ3v) is 6.34. The molecule has 0 amide bonds. The number of methoxy groups -OCH3 is 1. The Labute approximate surface area is 152 Å². The Bertz CT molecular complexity index is 845.